The molecule has 2 amide bonds. The minimum Gasteiger partial charge on any atom is -0.352 e. The lowest BCUT2D eigenvalue weighted by Crippen LogP contribution is -2.51. The van der Waals surface area contributed by atoms with Crippen LogP contribution in [0.1, 0.15) is 88.3 Å². The lowest BCUT2D eigenvalue weighted by Gasteiger charge is -2.33. The normalized spacial score (nSPS) is 15.2. The first-order chi connectivity index (χ1) is 16.4. The van der Waals surface area contributed by atoms with Crippen molar-refractivity contribution in [3.8, 4) is 0 Å². The third-order valence-electron chi connectivity index (χ3n) is 6.88. The summed E-state index contributed by atoms with van der Waals surface area (Å²) in [5.74, 6) is 0.463. The molecule has 1 atom stereocenters. The quantitative estimate of drug-likeness (QED) is 0.412. The SMILES string of the molecule is CC[C@@H](C(=O)NC1CCCCC1)N(Cc1ccc(Cl)cc1)C(=O)CCc1ccc(C(C)C)cc1. The van der Waals surface area contributed by atoms with Crippen LogP contribution in [0.25, 0.3) is 0 Å². The molecule has 4 nitrogen and oxygen atoms in total. The molecule has 2 aromatic rings. The monoisotopic (exact) mass is 482 g/mol. The first kappa shape index (κ1) is 26.3. The van der Waals surface area contributed by atoms with Gasteiger partial charge in [-0.2, -0.15) is 0 Å². The zero-order chi connectivity index (χ0) is 24.5. The molecule has 2 aromatic carbocycles. The highest BCUT2D eigenvalue weighted by Crippen LogP contribution is 2.21. The summed E-state index contributed by atoms with van der Waals surface area (Å²) in [6.07, 6.45) is 7.23. The number of hydrogen-bond donors (Lipinski definition) is 1. The first-order valence-corrected chi connectivity index (χ1v) is 13.2. The summed E-state index contributed by atoms with van der Waals surface area (Å²) in [6, 6.07) is 15.8. The van der Waals surface area contributed by atoms with Crippen LogP contribution >= 0.6 is 11.6 Å². The molecule has 34 heavy (non-hydrogen) atoms. The van der Waals surface area contributed by atoms with E-state index in [-0.39, 0.29) is 17.9 Å². The van der Waals surface area contributed by atoms with Crippen molar-refractivity contribution in [2.45, 2.75) is 96.7 Å². The third-order valence-corrected chi connectivity index (χ3v) is 7.13. The summed E-state index contributed by atoms with van der Waals surface area (Å²) in [5, 5.41) is 3.90. The molecule has 1 aliphatic carbocycles. The van der Waals surface area contributed by atoms with E-state index in [0.29, 0.717) is 36.7 Å². The number of halogens is 1. The molecule has 0 radical (unpaired) electrons. The number of benzene rings is 2. The lowest BCUT2D eigenvalue weighted by molar-refractivity contribution is -0.141. The van der Waals surface area contributed by atoms with Crippen molar-refractivity contribution in [1.29, 1.82) is 0 Å². The van der Waals surface area contributed by atoms with Gasteiger partial charge in [-0.3, -0.25) is 9.59 Å². The molecule has 0 saturated heterocycles. The lowest BCUT2D eigenvalue weighted by atomic mass is 9.95. The molecule has 1 aliphatic rings. The highest BCUT2D eigenvalue weighted by molar-refractivity contribution is 6.30. The maximum Gasteiger partial charge on any atom is 0.243 e. The number of aryl methyl sites for hydroxylation is 1. The number of nitrogens with zero attached hydrogens (tertiary/aromatic N) is 1. The summed E-state index contributed by atoms with van der Waals surface area (Å²) in [4.78, 5) is 28.5. The Labute approximate surface area is 210 Å². The maximum atomic E-state index is 13.5. The fourth-order valence-electron chi connectivity index (χ4n) is 4.71. The van der Waals surface area contributed by atoms with Crippen LogP contribution in [0.4, 0.5) is 0 Å². The van der Waals surface area contributed by atoms with Crippen LogP contribution in [0, 0.1) is 0 Å². The van der Waals surface area contributed by atoms with Gasteiger partial charge in [-0.05, 0) is 60.4 Å². The minimum atomic E-state index is -0.478. The van der Waals surface area contributed by atoms with E-state index in [1.165, 1.54) is 12.0 Å². The molecule has 0 aromatic heterocycles. The first-order valence-electron chi connectivity index (χ1n) is 12.8. The largest absolute Gasteiger partial charge is 0.352 e. The van der Waals surface area contributed by atoms with Crippen molar-refractivity contribution >= 4 is 23.4 Å². The summed E-state index contributed by atoms with van der Waals surface area (Å²) in [7, 11) is 0. The van der Waals surface area contributed by atoms with Crippen LogP contribution in [-0.2, 0) is 22.6 Å². The van der Waals surface area contributed by atoms with E-state index in [2.05, 4.69) is 43.4 Å². The van der Waals surface area contributed by atoms with Crippen molar-refractivity contribution in [3.63, 3.8) is 0 Å². The Kier molecular flexibility index (Phi) is 10.0. The number of rotatable bonds is 10. The van der Waals surface area contributed by atoms with Gasteiger partial charge in [-0.15, -0.1) is 0 Å². The van der Waals surface area contributed by atoms with Crippen molar-refractivity contribution in [1.82, 2.24) is 10.2 Å². The molecular weight excluding hydrogens is 444 g/mol. The van der Waals surface area contributed by atoms with Gasteiger partial charge >= 0.3 is 0 Å². The molecule has 0 aliphatic heterocycles. The van der Waals surface area contributed by atoms with Crippen LogP contribution in [0.3, 0.4) is 0 Å². The second-order valence-corrected chi connectivity index (χ2v) is 10.2. The van der Waals surface area contributed by atoms with Crippen molar-refractivity contribution in [2.24, 2.45) is 0 Å². The van der Waals surface area contributed by atoms with Crippen LogP contribution < -0.4 is 5.32 Å². The fourth-order valence-corrected chi connectivity index (χ4v) is 4.84. The van der Waals surface area contributed by atoms with Crippen LogP contribution in [0.5, 0.6) is 0 Å². The smallest absolute Gasteiger partial charge is 0.243 e. The molecule has 0 unspecified atom stereocenters. The van der Waals surface area contributed by atoms with Gasteiger partial charge in [0, 0.05) is 24.0 Å². The maximum absolute atomic E-state index is 13.5. The van der Waals surface area contributed by atoms with E-state index in [4.69, 9.17) is 11.6 Å². The molecule has 1 saturated carbocycles. The van der Waals surface area contributed by atoms with E-state index in [1.807, 2.05) is 31.2 Å². The summed E-state index contributed by atoms with van der Waals surface area (Å²) >= 11 is 6.06. The van der Waals surface area contributed by atoms with Crippen LogP contribution in [0.2, 0.25) is 5.02 Å². The van der Waals surface area contributed by atoms with Gasteiger partial charge in [0.1, 0.15) is 6.04 Å². The molecule has 3 rings (SSSR count). The Morgan fingerprint density at radius 2 is 1.59 bits per heavy atom. The second kappa shape index (κ2) is 12.9. The van der Waals surface area contributed by atoms with E-state index >= 15 is 0 Å². The number of carbonyl (C=O) groups is 2. The van der Waals surface area contributed by atoms with Gasteiger partial charge in [0.2, 0.25) is 11.8 Å². The third kappa shape index (κ3) is 7.59. The Morgan fingerprint density at radius 3 is 2.18 bits per heavy atom. The topological polar surface area (TPSA) is 49.4 Å². The van der Waals surface area contributed by atoms with Gasteiger partial charge < -0.3 is 10.2 Å². The van der Waals surface area contributed by atoms with Crippen molar-refractivity contribution in [3.05, 3.63) is 70.2 Å². The number of hydrogen-bond acceptors (Lipinski definition) is 2. The average Bonchev–Trinajstić information content (AvgIpc) is 2.84. The van der Waals surface area contributed by atoms with Crippen molar-refractivity contribution in [2.75, 3.05) is 0 Å². The molecular formula is C29H39ClN2O2. The number of nitrogens with one attached hydrogen (secondary N) is 1. The van der Waals surface area contributed by atoms with E-state index in [9.17, 15) is 9.59 Å². The van der Waals surface area contributed by atoms with Crippen LogP contribution in [0.15, 0.2) is 48.5 Å². The molecule has 5 heteroatoms. The number of amides is 2. The van der Waals surface area contributed by atoms with Gasteiger partial charge in [0.05, 0.1) is 0 Å². The Balaban J connectivity index is 1.73. The summed E-state index contributed by atoms with van der Waals surface area (Å²) < 4.78 is 0. The van der Waals surface area contributed by atoms with Gasteiger partial charge in [0.25, 0.3) is 0 Å². The standard InChI is InChI=1S/C29H39ClN2O2/c1-4-27(29(34)31-26-8-6-5-7-9-26)32(20-23-12-17-25(30)18-13-23)28(33)19-14-22-10-15-24(16-11-22)21(2)3/h10-13,15-18,21,26-27H,4-9,14,19-20H2,1-3H3,(H,31,34)/t27-/m0/s1. The predicted molar refractivity (Wildman–Crippen MR) is 140 cm³/mol. The van der Waals surface area contributed by atoms with E-state index in [0.717, 1.165) is 36.8 Å². The van der Waals surface area contributed by atoms with Crippen molar-refractivity contribution < 1.29 is 9.59 Å². The number of carbonyl (C=O) groups excluding carboxylic acids is 2. The fraction of sp³-hybridized carbons (Fsp3) is 0.517. The summed E-state index contributed by atoms with van der Waals surface area (Å²) in [5.41, 5.74) is 3.41. The Bertz CT molecular complexity index is 918. The average molecular weight is 483 g/mol. The minimum absolute atomic E-state index is 0.00790. The molecule has 0 spiro atoms. The van der Waals surface area contributed by atoms with E-state index in [1.54, 1.807) is 4.90 Å². The Morgan fingerprint density at radius 1 is 0.971 bits per heavy atom. The predicted octanol–water partition coefficient (Wildman–Crippen LogP) is 6.65. The molecule has 1 N–H and O–H groups in total. The second-order valence-electron chi connectivity index (χ2n) is 9.81. The zero-order valence-electron chi connectivity index (χ0n) is 20.9. The zero-order valence-corrected chi connectivity index (χ0v) is 21.6. The molecule has 0 heterocycles. The molecule has 184 valence electrons. The van der Waals surface area contributed by atoms with E-state index < -0.39 is 6.04 Å². The Hall–Kier alpha value is -2.33. The highest BCUT2D eigenvalue weighted by Gasteiger charge is 2.30. The van der Waals surface area contributed by atoms with Gasteiger partial charge in [0.15, 0.2) is 0 Å². The highest BCUT2D eigenvalue weighted by atomic mass is 35.5. The summed E-state index contributed by atoms with van der Waals surface area (Å²) in [6.45, 7) is 6.74. The van der Waals surface area contributed by atoms with Crippen LogP contribution in [-0.4, -0.2) is 28.8 Å². The molecule has 1 fully saturated rings. The van der Waals surface area contributed by atoms with Gasteiger partial charge in [-0.1, -0.05) is 88.0 Å². The molecule has 0 bridgehead atoms. The van der Waals surface area contributed by atoms with Gasteiger partial charge in [-0.25, -0.2) is 0 Å².